The minimum atomic E-state index is -3.64. The highest BCUT2D eigenvalue weighted by Crippen LogP contribution is 2.41. The number of methoxy groups -OCH3 is 1. The first-order valence-electron chi connectivity index (χ1n) is 17.5. The summed E-state index contributed by atoms with van der Waals surface area (Å²) in [4.78, 5) is 26.0. The monoisotopic (exact) mass is 714 g/mol. The van der Waals surface area contributed by atoms with Crippen molar-refractivity contribution in [3.8, 4) is 5.75 Å². The van der Waals surface area contributed by atoms with Crippen molar-refractivity contribution < 1.29 is 13.2 Å². The summed E-state index contributed by atoms with van der Waals surface area (Å²) in [7, 11) is 1.75. The van der Waals surface area contributed by atoms with E-state index in [-0.39, 0.29) is 5.92 Å². The van der Waals surface area contributed by atoms with Gasteiger partial charge in [-0.05, 0) is 62.1 Å². The number of fused-ring (bicyclic) bond motifs is 1. The van der Waals surface area contributed by atoms with Gasteiger partial charge in [0.2, 0.25) is 16.0 Å². The smallest absolute Gasteiger partial charge is 0.232 e. The van der Waals surface area contributed by atoms with Crippen LogP contribution in [0.4, 0.5) is 34.5 Å². The average molecular weight is 715 g/mol. The predicted molar refractivity (Wildman–Crippen MR) is 207 cm³/mol. The van der Waals surface area contributed by atoms with Gasteiger partial charge in [-0.25, -0.2) is 13.4 Å². The van der Waals surface area contributed by atoms with Crippen molar-refractivity contribution in [2.75, 3.05) is 86.6 Å². The molecule has 0 bridgehead atoms. The lowest BCUT2D eigenvalue weighted by molar-refractivity contribution is 0.0982. The molecule has 13 nitrogen and oxygen atoms in total. The molecular weight excluding hydrogens is 665 g/mol. The van der Waals surface area contributed by atoms with Gasteiger partial charge in [0.15, 0.2) is 0 Å². The number of benzene rings is 2. The van der Waals surface area contributed by atoms with Gasteiger partial charge >= 0.3 is 0 Å². The Morgan fingerprint density at radius 3 is 2.35 bits per heavy atom. The molecular formula is C37H50N10O3S. The van der Waals surface area contributed by atoms with Crippen LogP contribution in [0.1, 0.15) is 50.7 Å². The Kier molecular flexibility index (Phi) is 10.7. The Morgan fingerprint density at radius 1 is 1.00 bits per heavy atom. The van der Waals surface area contributed by atoms with Crippen LogP contribution in [-0.4, -0.2) is 111 Å². The maximum absolute atomic E-state index is 12.7. The standard InChI is InChI=1S/C37H50N10O3S/c1-24(2)27-21-31(33(50-7)22-32(27)47-15-11-26(12-16-47)46-19-17-44(5)18-20-46)42-37-40-23-28(25(3)4)36(43-37)41-30-10-9-29-34(39-14-13-38-29)35(30)45(6)51(8,48)49/h9-10,13-14,21-24,26H,3,11-12,15-20H2,1-2,4-8H3,(H2,40,41,42,43). The molecule has 0 aliphatic carbocycles. The topological polar surface area (TPSA) is 132 Å². The fraction of sp³-hybridized carbons (Fsp3) is 0.459. The van der Waals surface area contributed by atoms with Gasteiger partial charge in [0, 0.05) is 88.3 Å². The Morgan fingerprint density at radius 2 is 1.71 bits per heavy atom. The molecule has 272 valence electrons. The molecule has 2 aliphatic heterocycles. The van der Waals surface area contributed by atoms with Crippen molar-refractivity contribution in [1.82, 2.24) is 29.7 Å². The molecule has 0 radical (unpaired) electrons. The summed E-state index contributed by atoms with van der Waals surface area (Å²) in [6, 6.07) is 8.48. The predicted octanol–water partition coefficient (Wildman–Crippen LogP) is 5.68. The van der Waals surface area contributed by atoms with Gasteiger partial charge in [0.1, 0.15) is 22.8 Å². The lowest BCUT2D eigenvalue weighted by atomic mass is 9.96. The van der Waals surface area contributed by atoms with Crippen molar-refractivity contribution in [2.45, 2.75) is 45.6 Å². The van der Waals surface area contributed by atoms with Gasteiger partial charge < -0.3 is 25.2 Å². The van der Waals surface area contributed by atoms with Gasteiger partial charge in [0.05, 0.1) is 30.3 Å². The zero-order valence-corrected chi connectivity index (χ0v) is 31.6. The van der Waals surface area contributed by atoms with Crippen LogP contribution in [0.25, 0.3) is 16.6 Å². The van der Waals surface area contributed by atoms with Crippen LogP contribution in [0.3, 0.4) is 0 Å². The number of anilines is 6. The molecule has 2 N–H and O–H groups in total. The third-order valence-corrected chi connectivity index (χ3v) is 11.2. The number of likely N-dealkylation sites (N-methyl/N-ethyl adjacent to an activating group) is 1. The lowest BCUT2D eigenvalue weighted by Crippen LogP contribution is -2.52. The van der Waals surface area contributed by atoms with E-state index in [9.17, 15) is 8.42 Å². The number of rotatable bonds is 11. The summed E-state index contributed by atoms with van der Waals surface area (Å²) in [5, 5.41) is 6.78. The van der Waals surface area contributed by atoms with Crippen LogP contribution in [0.15, 0.2) is 49.4 Å². The SMILES string of the molecule is C=C(C)c1cnc(Nc2cc(C(C)C)c(N3CCC(N4CCN(C)CC4)CC3)cc2OC)nc1Nc1ccc2nccnc2c1N(C)S(C)(=O)=O. The third kappa shape index (κ3) is 7.87. The molecule has 51 heavy (non-hydrogen) atoms. The Bertz CT molecular complexity index is 2010. The van der Waals surface area contributed by atoms with Crippen LogP contribution >= 0.6 is 0 Å². The zero-order chi connectivity index (χ0) is 36.4. The van der Waals surface area contributed by atoms with Crippen LogP contribution in [0.2, 0.25) is 0 Å². The number of piperazine rings is 1. The van der Waals surface area contributed by atoms with Crippen LogP contribution in [0, 0.1) is 0 Å². The van der Waals surface area contributed by atoms with Gasteiger partial charge in [-0.15, -0.1) is 0 Å². The Hall–Kier alpha value is -4.53. The van der Waals surface area contributed by atoms with Gasteiger partial charge in [-0.2, -0.15) is 4.98 Å². The number of hydrogen-bond donors (Lipinski definition) is 2. The fourth-order valence-corrected chi connectivity index (χ4v) is 7.47. The van der Waals surface area contributed by atoms with Crippen molar-refractivity contribution in [3.05, 3.63) is 60.6 Å². The highest BCUT2D eigenvalue weighted by molar-refractivity contribution is 7.92. The van der Waals surface area contributed by atoms with E-state index in [1.165, 1.54) is 22.6 Å². The van der Waals surface area contributed by atoms with E-state index in [0.29, 0.717) is 51.5 Å². The second kappa shape index (κ2) is 15.0. The molecule has 4 heterocycles. The minimum absolute atomic E-state index is 0.270. The molecule has 2 fully saturated rings. The summed E-state index contributed by atoms with van der Waals surface area (Å²) in [5.41, 5.74) is 6.44. The number of nitrogens with zero attached hydrogens (tertiary/aromatic N) is 8. The van der Waals surface area contributed by atoms with E-state index >= 15 is 0 Å². The summed E-state index contributed by atoms with van der Waals surface area (Å²) in [6.45, 7) is 17.0. The Balaban J connectivity index is 1.30. The molecule has 0 atom stereocenters. The normalized spacial score (nSPS) is 16.4. The van der Waals surface area contributed by atoms with Crippen LogP contribution in [-0.2, 0) is 10.0 Å². The molecule has 14 heteroatoms. The number of ether oxygens (including phenoxy) is 1. The summed E-state index contributed by atoms with van der Waals surface area (Å²) in [6.07, 6.45) is 8.26. The molecule has 0 amide bonds. The van der Waals surface area contributed by atoms with Crippen LogP contribution in [0.5, 0.6) is 5.75 Å². The van der Waals surface area contributed by atoms with Gasteiger partial charge in [-0.3, -0.25) is 19.2 Å². The lowest BCUT2D eigenvalue weighted by Gasteiger charge is -2.43. The minimum Gasteiger partial charge on any atom is -0.494 e. The van der Waals surface area contributed by atoms with Gasteiger partial charge in [0.25, 0.3) is 0 Å². The van der Waals surface area contributed by atoms with Crippen LogP contribution < -0.4 is 24.6 Å². The molecule has 6 rings (SSSR count). The fourth-order valence-electron chi connectivity index (χ4n) is 6.95. The summed E-state index contributed by atoms with van der Waals surface area (Å²) in [5.74, 6) is 1.76. The first-order valence-corrected chi connectivity index (χ1v) is 19.3. The van der Waals surface area contributed by atoms with E-state index in [2.05, 4.69) is 79.9 Å². The third-order valence-electron chi connectivity index (χ3n) is 10.0. The largest absolute Gasteiger partial charge is 0.494 e. The highest BCUT2D eigenvalue weighted by Gasteiger charge is 2.29. The molecule has 2 aromatic carbocycles. The number of piperidine rings is 1. The number of aromatic nitrogens is 4. The molecule has 2 aromatic heterocycles. The maximum atomic E-state index is 12.7. The first-order chi connectivity index (χ1) is 24.3. The maximum Gasteiger partial charge on any atom is 0.232 e. The van der Waals surface area contributed by atoms with E-state index in [1.807, 2.05) is 6.92 Å². The van der Waals surface area contributed by atoms with Crippen molar-refractivity contribution >= 4 is 61.1 Å². The number of hydrogen-bond acceptors (Lipinski definition) is 12. The number of allylic oxidation sites excluding steroid dienone is 1. The Labute approximate surface area is 301 Å². The van der Waals surface area contributed by atoms with Gasteiger partial charge in [-0.1, -0.05) is 20.4 Å². The molecule has 2 aliphatic rings. The van der Waals surface area contributed by atoms with E-state index in [1.54, 1.807) is 37.8 Å². The highest BCUT2D eigenvalue weighted by atomic mass is 32.2. The second-order valence-electron chi connectivity index (χ2n) is 13.9. The van der Waals surface area contributed by atoms with E-state index < -0.39 is 10.0 Å². The first kappa shape index (κ1) is 36.3. The molecule has 0 spiro atoms. The molecule has 0 saturated carbocycles. The van der Waals surface area contributed by atoms with E-state index in [0.717, 1.165) is 69.6 Å². The second-order valence-corrected chi connectivity index (χ2v) is 15.9. The quantitative estimate of drug-likeness (QED) is 0.198. The van der Waals surface area contributed by atoms with Crippen molar-refractivity contribution in [1.29, 1.82) is 0 Å². The summed E-state index contributed by atoms with van der Waals surface area (Å²) < 4.78 is 32.6. The molecule has 4 aromatic rings. The number of sulfonamides is 1. The van der Waals surface area contributed by atoms with Crippen molar-refractivity contribution in [3.63, 3.8) is 0 Å². The zero-order valence-electron chi connectivity index (χ0n) is 30.8. The molecule has 2 saturated heterocycles. The number of nitrogens with one attached hydrogen (secondary N) is 2. The van der Waals surface area contributed by atoms with E-state index in [4.69, 9.17) is 9.72 Å². The molecule has 0 unspecified atom stereocenters. The summed E-state index contributed by atoms with van der Waals surface area (Å²) >= 11 is 0. The average Bonchev–Trinajstić information content (AvgIpc) is 3.11. The van der Waals surface area contributed by atoms with Crippen molar-refractivity contribution in [2.24, 2.45) is 0 Å².